The van der Waals surface area contributed by atoms with Crippen LogP contribution in [0.25, 0.3) is 0 Å². The van der Waals surface area contributed by atoms with Crippen molar-refractivity contribution in [1.29, 1.82) is 0 Å². The molecular weight excluding hydrogens is 420 g/mol. The van der Waals surface area contributed by atoms with Crippen LogP contribution in [0.3, 0.4) is 0 Å². The molecule has 0 aromatic carbocycles. The van der Waals surface area contributed by atoms with Gasteiger partial charge < -0.3 is 9.47 Å². The maximum atomic E-state index is 13.1. The Hall–Kier alpha value is -1.82. The molecule has 0 saturated carbocycles. The molecule has 0 aliphatic carbocycles. The van der Waals surface area contributed by atoms with Gasteiger partial charge in [-0.15, -0.1) is 10.2 Å². The first-order chi connectivity index (χ1) is 13.7. The van der Waals surface area contributed by atoms with Crippen molar-refractivity contribution in [3.05, 3.63) is 29.1 Å². The molecule has 0 bridgehead atoms. The molecule has 10 nitrogen and oxygen atoms in total. The molecule has 0 amide bonds. The highest BCUT2D eigenvalue weighted by Crippen LogP contribution is 2.30. The van der Waals surface area contributed by atoms with Crippen molar-refractivity contribution in [3.8, 4) is 0 Å². The van der Waals surface area contributed by atoms with E-state index in [1.54, 1.807) is 4.57 Å². The molecule has 2 aromatic heterocycles. The van der Waals surface area contributed by atoms with Gasteiger partial charge in [0.15, 0.2) is 5.82 Å². The van der Waals surface area contributed by atoms with Crippen molar-refractivity contribution in [2.24, 2.45) is 0 Å². The van der Waals surface area contributed by atoms with E-state index in [-0.39, 0.29) is 23.7 Å². The van der Waals surface area contributed by atoms with Gasteiger partial charge >= 0.3 is 0 Å². The molecule has 3 rings (SSSR count). The average molecular weight is 445 g/mol. The smallest absolute Gasteiger partial charge is 0.240 e. The predicted octanol–water partition coefficient (Wildman–Crippen LogP) is 2.32. The topological polar surface area (TPSA) is 121 Å². The third-order valence-electron chi connectivity index (χ3n) is 4.83. The summed E-state index contributed by atoms with van der Waals surface area (Å²) in [5.41, 5.74) is 0. The minimum atomic E-state index is -3.89. The standard InChI is InChI=1S/C17H25ClN6O4S/c1-10(2)24-16(12-5-6-28-9-12)21-22-17(24)23-29(25,26)11(3)14(27-4)15-19-7-13(18)8-20-15/h7-8,10-12,14H,5-6,9H2,1-4H3,(H,22,23)/t11-,12-,14-/m0/s1. The lowest BCUT2D eigenvalue weighted by Gasteiger charge is -2.23. The number of rotatable bonds is 8. The van der Waals surface area contributed by atoms with Crippen LogP contribution in [0.15, 0.2) is 12.4 Å². The van der Waals surface area contributed by atoms with Gasteiger partial charge in [0.2, 0.25) is 16.0 Å². The summed E-state index contributed by atoms with van der Waals surface area (Å²) in [6, 6.07) is -0.0357. The van der Waals surface area contributed by atoms with Crippen LogP contribution in [-0.4, -0.2) is 58.7 Å². The van der Waals surface area contributed by atoms with Crippen LogP contribution in [0, 0.1) is 0 Å². The molecule has 0 radical (unpaired) electrons. The fourth-order valence-corrected chi connectivity index (χ4v) is 4.49. The molecule has 29 heavy (non-hydrogen) atoms. The van der Waals surface area contributed by atoms with Crippen LogP contribution in [-0.2, 0) is 19.5 Å². The summed E-state index contributed by atoms with van der Waals surface area (Å²) in [7, 11) is -2.49. The van der Waals surface area contributed by atoms with E-state index in [9.17, 15) is 8.42 Å². The number of methoxy groups -OCH3 is 1. The van der Waals surface area contributed by atoms with Crippen molar-refractivity contribution in [1.82, 2.24) is 24.7 Å². The van der Waals surface area contributed by atoms with E-state index in [1.807, 2.05) is 13.8 Å². The quantitative estimate of drug-likeness (QED) is 0.658. The van der Waals surface area contributed by atoms with Gasteiger partial charge in [-0.2, -0.15) is 0 Å². The molecule has 1 N–H and O–H groups in total. The lowest BCUT2D eigenvalue weighted by Crippen LogP contribution is -2.33. The second-order valence-corrected chi connectivity index (χ2v) is 9.65. The van der Waals surface area contributed by atoms with Crippen molar-refractivity contribution < 1.29 is 17.9 Å². The van der Waals surface area contributed by atoms with Crippen LogP contribution in [0.5, 0.6) is 0 Å². The van der Waals surface area contributed by atoms with Crippen LogP contribution in [0.4, 0.5) is 5.95 Å². The SMILES string of the molecule is CO[C@H](c1ncc(Cl)cn1)[C@H](C)S(=O)(=O)Nc1nnc([C@H]2CCOC2)n1C(C)C. The van der Waals surface area contributed by atoms with E-state index in [1.165, 1.54) is 26.4 Å². The Kier molecular flexibility index (Phi) is 6.72. The summed E-state index contributed by atoms with van der Waals surface area (Å²) in [6.45, 7) is 6.63. The summed E-state index contributed by atoms with van der Waals surface area (Å²) >= 11 is 5.82. The Bertz CT molecular complexity index is 928. The van der Waals surface area contributed by atoms with E-state index in [0.717, 1.165) is 6.42 Å². The molecule has 1 saturated heterocycles. The molecule has 1 fully saturated rings. The Morgan fingerprint density at radius 1 is 1.28 bits per heavy atom. The van der Waals surface area contributed by atoms with Gasteiger partial charge in [-0.25, -0.2) is 18.4 Å². The number of hydrogen-bond acceptors (Lipinski definition) is 8. The molecule has 1 aliphatic rings. The first kappa shape index (κ1) is 21.9. The Morgan fingerprint density at radius 3 is 2.52 bits per heavy atom. The summed E-state index contributed by atoms with van der Waals surface area (Å²) < 4.78 is 41.3. The van der Waals surface area contributed by atoms with Gasteiger partial charge in [0.25, 0.3) is 0 Å². The molecule has 12 heteroatoms. The highest BCUT2D eigenvalue weighted by molar-refractivity contribution is 7.93. The highest BCUT2D eigenvalue weighted by atomic mass is 35.5. The second-order valence-electron chi connectivity index (χ2n) is 7.17. The van der Waals surface area contributed by atoms with E-state index < -0.39 is 21.4 Å². The number of ether oxygens (including phenoxy) is 2. The highest BCUT2D eigenvalue weighted by Gasteiger charge is 2.35. The molecule has 160 valence electrons. The van der Waals surface area contributed by atoms with E-state index in [4.69, 9.17) is 21.1 Å². The van der Waals surface area contributed by atoms with Gasteiger partial charge in [-0.05, 0) is 27.2 Å². The number of nitrogens with one attached hydrogen (secondary N) is 1. The average Bonchev–Trinajstić information content (AvgIpc) is 3.33. The number of aromatic nitrogens is 5. The van der Waals surface area contributed by atoms with Crippen LogP contribution in [0.2, 0.25) is 5.02 Å². The lowest BCUT2D eigenvalue weighted by molar-refractivity contribution is 0.0950. The Morgan fingerprint density at radius 2 is 1.97 bits per heavy atom. The van der Waals surface area contributed by atoms with Gasteiger partial charge in [-0.3, -0.25) is 9.29 Å². The molecule has 0 unspecified atom stereocenters. The van der Waals surface area contributed by atoms with Gasteiger partial charge in [-0.1, -0.05) is 11.6 Å². The van der Waals surface area contributed by atoms with Crippen molar-refractivity contribution in [3.63, 3.8) is 0 Å². The Labute approximate surface area is 175 Å². The minimum Gasteiger partial charge on any atom is -0.381 e. The zero-order chi connectivity index (χ0) is 21.2. The first-order valence-electron chi connectivity index (χ1n) is 9.29. The minimum absolute atomic E-state index is 0.0357. The molecule has 3 heterocycles. The zero-order valence-electron chi connectivity index (χ0n) is 16.7. The first-order valence-corrected chi connectivity index (χ1v) is 11.2. The molecule has 0 spiro atoms. The molecule has 2 aromatic rings. The number of hydrogen-bond donors (Lipinski definition) is 1. The number of anilines is 1. The summed E-state index contributed by atoms with van der Waals surface area (Å²) in [5.74, 6) is 1.20. The van der Waals surface area contributed by atoms with E-state index in [0.29, 0.717) is 24.1 Å². The van der Waals surface area contributed by atoms with Crippen LogP contribution in [0.1, 0.15) is 56.9 Å². The van der Waals surface area contributed by atoms with Gasteiger partial charge in [0.05, 0.1) is 11.6 Å². The van der Waals surface area contributed by atoms with Crippen LogP contribution >= 0.6 is 11.6 Å². The van der Waals surface area contributed by atoms with Gasteiger partial charge in [0.1, 0.15) is 17.2 Å². The third-order valence-corrected chi connectivity index (χ3v) is 6.72. The lowest BCUT2D eigenvalue weighted by atomic mass is 10.1. The molecule has 3 atom stereocenters. The summed E-state index contributed by atoms with van der Waals surface area (Å²) in [6.07, 6.45) is 2.73. The zero-order valence-corrected chi connectivity index (χ0v) is 18.3. The van der Waals surface area contributed by atoms with Crippen molar-refractivity contribution in [2.45, 2.75) is 50.5 Å². The third kappa shape index (κ3) is 4.68. The maximum Gasteiger partial charge on any atom is 0.240 e. The van der Waals surface area contributed by atoms with Crippen molar-refractivity contribution in [2.75, 3.05) is 25.0 Å². The second kappa shape index (κ2) is 8.90. The number of sulfonamides is 1. The monoisotopic (exact) mass is 444 g/mol. The fraction of sp³-hybridized carbons (Fsp3) is 0.647. The van der Waals surface area contributed by atoms with E-state index >= 15 is 0 Å². The normalized spacial score (nSPS) is 19.4. The number of halogens is 1. The van der Waals surface area contributed by atoms with Crippen LogP contribution < -0.4 is 4.72 Å². The van der Waals surface area contributed by atoms with E-state index in [2.05, 4.69) is 24.9 Å². The largest absolute Gasteiger partial charge is 0.381 e. The summed E-state index contributed by atoms with van der Waals surface area (Å²) in [5, 5.41) is 7.68. The Balaban J connectivity index is 1.87. The molecular formula is C17H25ClN6O4S. The number of nitrogens with zero attached hydrogens (tertiary/aromatic N) is 5. The molecule has 1 aliphatic heterocycles. The maximum absolute atomic E-state index is 13.1. The predicted molar refractivity (Wildman–Crippen MR) is 107 cm³/mol. The fourth-order valence-electron chi connectivity index (χ4n) is 3.26. The van der Waals surface area contributed by atoms with Gasteiger partial charge in [0, 0.05) is 38.1 Å². The summed E-state index contributed by atoms with van der Waals surface area (Å²) in [4.78, 5) is 8.17. The van der Waals surface area contributed by atoms with Crippen molar-refractivity contribution >= 4 is 27.6 Å².